The third-order valence-corrected chi connectivity index (χ3v) is 8.84. The van der Waals surface area contributed by atoms with E-state index in [-0.39, 0.29) is 52.0 Å². The summed E-state index contributed by atoms with van der Waals surface area (Å²) in [6.07, 6.45) is 1.58. The van der Waals surface area contributed by atoms with Crippen molar-refractivity contribution in [1.29, 1.82) is 0 Å². The Labute approximate surface area is 262 Å². The van der Waals surface area contributed by atoms with Gasteiger partial charge in [-0.05, 0) is 42.3 Å². The summed E-state index contributed by atoms with van der Waals surface area (Å²) in [4.78, 5) is 86.2. The number of rotatable bonds is 10. The summed E-state index contributed by atoms with van der Waals surface area (Å²) in [7, 11) is 1.49. The van der Waals surface area contributed by atoms with Gasteiger partial charge in [0.25, 0.3) is 23.6 Å². The number of carboxylic acids is 2. The third-order valence-electron chi connectivity index (χ3n) is 6.87. The number of β-lactam (4-membered cyclic amide) rings is 1. The van der Waals surface area contributed by atoms with Crippen LogP contribution in [0.5, 0.6) is 5.75 Å². The number of nitrogens with zero attached hydrogens (tertiary/aromatic N) is 4. The maximum absolute atomic E-state index is 13.2. The van der Waals surface area contributed by atoms with Crippen LogP contribution < -0.4 is 15.8 Å². The Bertz CT molecular complexity index is 1700. The number of benzene rings is 1. The van der Waals surface area contributed by atoms with Crippen molar-refractivity contribution in [2.24, 2.45) is 5.16 Å². The van der Waals surface area contributed by atoms with E-state index in [0.29, 0.717) is 5.75 Å². The molecule has 2 aromatic rings. The molecule has 4 heterocycles. The van der Waals surface area contributed by atoms with Gasteiger partial charge in [0.05, 0.1) is 7.11 Å². The van der Waals surface area contributed by atoms with Crippen LogP contribution in [0.25, 0.3) is 0 Å². The first-order valence-corrected chi connectivity index (χ1v) is 15.0. The maximum Gasteiger partial charge on any atom is 0.352 e. The number of thioether (sulfide) groups is 1. The smallest absolute Gasteiger partial charge is 0.352 e. The molecule has 0 unspecified atom stereocenters. The molecule has 1 aromatic carbocycles. The Morgan fingerprint density at radius 2 is 1.93 bits per heavy atom. The second kappa shape index (κ2) is 12.8. The number of carbonyl (C=O) groups excluding carboxylic acids is 4. The van der Waals surface area contributed by atoms with Gasteiger partial charge < -0.3 is 30.8 Å². The number of carbonyl (C=O) groups is 6. The molecular formula is C27H24N6O10S2. The number of thiazole rings is 1. The minimum absolute atomic E-state index is 0.0129. The van der Waals surface area contributed by atoms with E-state index < -0.39 is 59.3 Å². The SMILES string of the molecule is COc1ccc(C(=O)N2CC/C(=C\C3=C(C(=O)O)N4C(=O)[C@@H](NC(=O)/C(=N\OCC(=O)O)c5csc(N)n5)[C@H]4SC3)C2=O)cc1. The molecule has 2 atom stereocenters. The maximum atomic E-state index is 13.2. The van der Waals surface area contributed by atoms with Gasteiger partial charge in [-0.15, -0.1) is 23.1 Å². The van der Waals surface area contributed by atoms with Crippen LogP contribution in [-0.2, 0) is 28.8 Å². The lowest BCUT2D eigenvalue weighted by Gasteiger charge is -2.49. The lowest BCUT2D eigenvalue weighted by Crippen LogP contribution is -2.71. The molecule has 0 radical (unpaired) electrons. The van der Waals surface area contributed by atoms with Gasteiger partial charge in [0.2, 0.25) is 6.61 Å². The van der Waals surface area contributed by atoms with Crippen molar-refractivity contribution < 1.29 is 48.6 Å². The number of amides is 4. The van der Waals surface area contributed by atoms with E-state index in [0.717, 1.165) is 32.9 Å². The number of carboxylic acid groups (broad SMARTS) is 2. The monoisotopic (exact) mass is 656 g/mol. The molecule has 18 heteroatoms. The number of nitrogens with one attached hydrogen (secondary N) is 1. The molecule has 4 amide bonds. The molecule has 1 aromatic heterocycles. The second-order valence-corrected chi connectivity index (χ2v) is 11.6. The summed E-state index contributed by atoms with van der Waals surface area (Å²) in [5.41, 5.74) is 5.55. The predicted octanol–water partition coefficient (Wildman–Crippen LogP) is 0.277. The van der Waals surface area contributed by atoms with Crippen molar-refractivity contribution in [3.8, 4) is 5.75 Å². The number of nitrogen functional groups attached to an aromatic ring is 1. The zero-order chi connectivity index (χ0) is 32.4. The normalized spacial score (nSPS) is 20.6. The van der Waals surface area contributed by atoms with Crippen LogP contribution in [0.3, 0.4) is 0 Å². The number of anilines is 1. The van der Waals surface area contributed by atoms with Gasteiger partial charge in [-0.2, -0.15) is 0 Å². The zero-order valence-corrected chi connectivity index (χ0v) is 24.9. The summed E-state index contributed by atoms with van der Waals surface area (Å²) in [5.74, 6) is -4.85. The highest BCUT2D eigenvalue weighted by Gasteiger charge is 2.54. The Balaban J connectivity index is 1.32. The van der Waals surface area contributed by atoms with Gasteiger partial charge in [-0.3, -0.25) is 29.0 Å². The predicted molar refractivity (Wildman–Crippen MR) is 158 cm³/mol. The van der Waals surface area contributed by atoms with Crippen molar-refractivity contribution >= 4 is 69.5 Å². The number of likely N-dealkylation sites (tertiary alicyclic amines) is 1. The van der Waals surface area contributed by atoms with Crippen molar-refractivity contribution in [1.82, 2.24) is 20.1 Å². The summed E-state index contributed by atoms with van der Waals surface area (Å²) < 4.78 is 5.09. The third kappa shape index (κ3) is 6.22. The molecule has 0 spiro atoms. The quantitative estimate of drug-likeness (QED) is 0.0886. The Morgan fingerprint density at radius 1 is 1.20 bits per heavy atom. The van der Waals surface area contributed by atoms with E-state index in [1.54, 1.807) is 12.1 Å². The second-order valence-electron chi connectivity index (χ2n) is 9.63. The Morgan fingerprint density at radius 3 is 2.56 bits per heavy atom. The van der Waals surface area contributed by atoms with E-state index in [1.165, 1.54) is 30.7 Å². The highest BCUT2D eigenvalue weighted by molar-refractivity contribution is 8.00. The summed E-state index contributed by atoms with van der Waals surface area (Å²) in [6.45, 7) is -0.742. The van der Waals surface area contributed by atoms with Gasteiger partial charge in [0.15, 0.2) is 10.8 Å². The van der Waals surface area contributed by atoms with Gasteiger partial charge in [0.1, 0.15) is 28.6 Å². The highest BCUT2D eigenvalue weighted by atomic mass is 32.2. The summed E-state index contributed by atoms with van der Waals surface area (Å²) >= 11 is 2.15. The fourth-order valence-electron chi connectivity index (χ4n) is 4.76. The number of hydrogen-bond donors (Lipinski definition) is 4. The van der Waals surface area contributed by atoms with E-state index in [4.69, 9.17) is 20.4 Å². The molecular weight excluding hydrogens is 632 g/mol. The van der Waals surface area contributed by atoms with Crippen LogP contribution in [0.2, 0.25) is 0 Å². The first kappa shape index (κ1) is 31.2. The van der Waals surface area contributed by atoms with Crippen molar-refractivity contribution in [3.05, 3.63) is 63.8 Å². The number of hydrogen-bond acceptors (Lipinski definition) is 13. The molecule has 2 saturated heterocycles. The number of aromatic nitrogens is 1. The molecule has 0 bridgehead atoms. The van der Waals surface area contributed by atoms with Crippen LogP contribution in [-0.4, -0.2) is 104 Å². The van der Waals surface area contributed by atoms with E-state index in [1.807, 2.05) is 0 Å². The largest absolute Gasteiger partial charge is 0.497 e. The van der Waals surface area contributed by atoms with Crippen molar-refractivity contribution in [3.63, 3.8) is 0 Å². The van der Waals surface area contributed by atoms with Crippen molar-refractivity contribution in [2.45, 2.75) is 17.8 Å². The number of aliphatic carboxylic acids is 2. The standard InChI is InChI=1S/C27H24N6O10S2/c1-42-15-4-2-12(3-5-15)22(37)32-7-6-13(23(32)38)8-14-10-44-25-19(24(39)33(25)20(14)26(40)41)30-21(36)18(31-43-9-17(34)35)16-11-45-27(28)29-16/h2-5,8,11,19,25H,6-7,9-10H2,1H3,(H2,28,29)(H,30,36)(H,34,35)(H,40,41)/b13-8+,31-18-/t19-,25-/m1/s1. The molecule has 45 heavy (non-hydrogen) atoms. The van der Waals surface area contributed by atoms with Crippen LogP contribution in [0, 0.1) is 0 Å². The molecule has 3 aliphatic rings. The zero-order valence-electron chi connectivity index (χ0n) is 23.3. The number of oxime groups is 1. The molecule has 0 aliphatic carbocycles. The lowest BCUT2D eigenvalue weighted by molar-refractivity contribution is -0.150. The Hall–Kier alpha value is -5.23. The van der Waals surface area contributed by atoms with Crippen LogP contribution in [0.1, 0.15) is 22.5 Å². The number of fused-ring (bicyclic) bond motifs is 1. The molecule has 16 nitrogen and oxygen atoms in total. The first-order valence-electron chi connectivity index (χ1n) is 13.1. The van der Waals surface area contributed by atoms with Crippen LogP contribution >= 0.6 is 23.1 Å². The van der Waals surface area contributed by atoms with E-state index in [2.05, 4.69) is 15.5 Å². The number of nitrogens with two attached hydrogens (primary N) is 1. The topological polar surface area (TPSA) is 231 Å². The van der Waals surface area contributed by atoms with Gasteiger partial charge >= 0.3 is 11.9 Å². The first-order chi connectivity index (χ1) is 21.5. The lowest BCUT2D eigenvalue weighted by atomic mass is 10.0. The summed E-state index contributed by atoms with van der Waals surface area (Å²) in [5, 5.41) is 25.6. The average molecular weight is 657 g/mol. The molecule has 3 aliphatic heterocycles. The Kier molecular flexibility index (Phi) is 8.87. The van der Waals surface area contributed by atoms with Gasteiger partial charge in [0, 0.05) is 28.8 Å². The average Bonchev–Trinajstić information content (AvgIpc) is 3.61. The minimum atomic E-state index is -1.41. The van der Waals surface area contributed by atoms with Gasteiger partial charge in [-0.1, -0.05) is 5.16 Å². The fourth-order valence-corrected chi connectivity index (χ4v) is 6.61. The molecule has 5 N–H and O–H groups in total. The molecule has 5 rings (SSSR count). The molecule has 2 fully saturated rings. The molecule has 234 valence electrons. The van der Waals surface area contributed by atoms with E-state index in [9.17, 15) is 33.9 Å². The van der Waals surface area contributed by atoms with Crippen molar-refractivity contribution in [2.75, 3.05) is 31.7 Å². The fraction of sp³-hybridized carbons (Fsp3) is 0.259. The number of ether oxygens (including phenoxy) is 1. The summed E-state index contributed by atoms with van der Waals surface area (Å²) in [6, 6.07) is 5.11. The number of allylic oxidation sites excluding steroid dienone is 1. The van der Waals surface area contributed by atoms with Gasteiger partial charge in [-0.25, -0.2) is 14.6 Å². The van der Waals surface area contributed by atoms with Crippen LogP contribution in [0.15, 0.2) is 57.7 Å². The molecule has 0 saturated carbocycles. The number of imide groups is 1. The number of methoxy groups -OCH3 is 1. The van der Waals surface area contributed by atoms with E-state index >= 15 is 0 Å². The van der Waals surface area contributed by atoms with Crippen LogP contribution in [0.4, 0.5) is 5.13 Å². The highest BCUT2D eigenvalue weighted by Crippen LogP contribution is 2.41. The minimum Gasteiger partial charge on any atom is -0.497 e.